The van der Waals surface area contributed by atoms with E-state index >= 15 is 0 Å². The van der Waals surface area contributed by atoms with E-state index in [0.717, 1.165) is 51.8 Å². The maximum atomic E-state index is 4.24. The molecule has 1 aliphatic rings. The standard InChI is InChI=1S/C18H31N5/c1-16(2)21-18(19-3)20-9-10-22-11-13-23(14-12-22)15-17-7-5-4-6-8-17/h4-8,16H,9-15H2,1-3H3,(H2,19,20,21). The number of nitrogens with zero attached hydrogens (tertiary/aromatic N) is 3. The lowest BCUT2D eigenvalue weighted by atomic mass is 10.2. The van der Waals surface area contributed by atoms with Crippen LogP contribution in [0.15, 0.2) is 35.3 Å². The Morgan fingerprint density at radius 2 is 1.74 bits per heavy atom. The van der Waals surface area contributed by atoms with E-state index < -0.39 is 0 Å². The molecule has 0 aliphatic carbocycles. The number of nitrogens with one attached hydrogen (secondary N) is 2. The maximum Gasteiger partial charge on any atom is 0.191 e. The molecule has 0 bridgehead atoms. The van der Waals surface area contributed by atoms with Crippen LogP contribution in [-0.2, 0) is 6.54 Å². The molecule has 1 fully saturated rings. The number of hydrogen-bond acceptors (Lipinski definition) is 3. The molecule has 0 atom stereocenters. The van der Waals surface area contributed by atoms with Crippen LogP contribution in [0.25, 0.3) is 0 Å². The van der Waals surface area contributed by atoms with Crippen LogP contribution >= 0.6 is 0 Å². The zero-order valence-corrected chi connectivity index (χ0v) is 14.8. The van der Waals surface area contributed by atoms with Crippen LogP contribution in [0.1, 0.15) is 19.4 Å². The predicted molar refractivity (Wildman–Crippen MR) is 97.8 cm³/mol. The van der Waals surface area contributed by atoms with Crippen molar-refractivity contribution in [2.24, 2.45) is 4.99 Å². The summed E-state index contributed by atoms with van der Waals surface area (Å²) < 4.78 is 0. The number of hydrogen-bond donors (Lipinski definition) is 2. The summed E-state index contributed by atoms with van der Waals surface area (Å²) in [7, 11) is 1.82. The Labute approximate surface area is 140 Å². The van der Waals surface area contributed by atoms with Gasteiger partial charge in [-0.25, -0.2) is 0 Å². The molecule has 1 aromatic rings. The van der Waals surface area contributed by atoms with Crippen molar-refractivity contribution >= 4 is 5.96 Å². The zero-order valence-electron chi connectivity index (χ0n) is 14.8. The van der Waals surface area contributed by atoms with Gasteiger partial charge in [0.25, 0.3) is 0 Å². The first kappa shape index (κ1) is 17.8. The highest BCUT2D eigenvalue weighted by atomic mass is 15.3. The summed E-state index contributed by atoms with van der Waals surface area (Å²) in [4.78, 5) is 9.30. The van der Waals surface area contributed by atoms with Crippen molar-refractivity contribution in [1.29, 1.82) is 0 Å². The second kappa shape index (κ2) is 9.53. The van der Waals surface area contributed by atoms with Crippen molar-refractivity contribution < 1.29 is 0 Å². The monoisotopic (exact) mass is 317 g/mol. The second-order valence-electron chi connectivity index (χ2n) is 6.40. The van der Waals surface area contributed by atoms with Crippen molar-refractivity contribution in [3.8, 4) is 0 Å². The van der Waals surface area contributed by atoms with E-state index in [2.05, 4.69) is 69.6 Å². The van der Waals surface area contributed by atoms with Crippen molar-refractivity contribution in [2.75, 3.05) is 46.3 Å². The molecule has 1 heterocycles. The summed E-state index contributed by atoms with van der Waals surface area (Å²) in [5.41, 5.74) is 1.41. The largest absolute Gasteiger partial charge is 0.355 e. The summed E-state index contributed by atoms with van der Waals surface area (Å²) in [6, 6.07) is 11.1. The van der Waals surface area contributed by atoms with E-state index in [4.69, 9.17) is 0 Å². The highest BCUT2D eigenvalue weighted by Gasteiger charge is 2.16. The lowest BCUT2D eigenvalue weighted by molar-refractivity contribution is 0.129. The van der Waals surface area contributed by atoms with E-state index in [1.807, 2.05) is 7.05 Å². The van der Waals surface area contributed by atoms with Crippen molar-refractivity contribution in [2.45, 2.75) is 26.4 Å². The first-order chi connectivity index (χ1) is 11.2. The van der Waals surface area contributed by atoms with Crippen molar-refractivity contribution in [1.82, 2.24) is 20.4 Å². The first-order valence-electron chi connectivity index (χ1n) is 8.63. The summed E-state index contributed by atoms with van der Waals surface area (Å²) in [5.74, 6) is 0.891. The fourth-order valence-electron chi connectivity index (χ4n) is 2.81. The molecule has 0 saturated carbocycles. The molecule has 5 nitrogen and oxygen atoms in total. The third kappa shape index (κ3) is 6.59. The average molecular weight is 317 g/mol. The van der Waals surface area contributed by atoms with E-state index in [9.17, 15) is 0 Å². The molecule has 5 heteroatoms. The van der Waals surface area contributed by atoms with Crippen LogP contribution in [0.4, 0.5) is 0 Å². The topological polar surface area (TPSA) is 42.9 Å². The normalized spacial score (nSPS) is 17.5. The molecular formula is C18H31N5. The molecule has 0 aromatic heterocycles. The minimum Gasteiger partial charge on any atom is -0.355 e. The number of guanidine groups is 1. The molecule has 1 saturated heterocycles. The second-order valence-corrected chi connectivity index (χ2v) is 6.40. The Balaban J connectivity index is 1.63. The molecule has 128 valence electrons. The number of benzene rings is 1. The van der Waals surface area contributed by atoms with Crippen LogP contribution in [0, 0.1) is 0 Å². The summed E-state index contributed by atoms with van der Waals surface area (Å²) in [6.07, 6.45) is 0. The predicted octanol–water partition coefficient (Wildman–Crippen LogP) is 1.38. The first-order valence-corrected chi connectivity index (χ1v) is 8.63. The van der Waals surface area contributed by atoms with Gasteiger partial charge in [-0.1, -0.05) is 30.3 Å². The zero-order chi connectivity index (χ0) is 16.5. The van der Waals surface area contributed by atoms with E-state index in [0.29, 0.717) is 6.04 Å². The van der Waals surface area contributed by atoms with E-state index in [1.54, 1.807) is 0 Å². The third-order valence-corrected chi connectivity index (χ3v) is 4.08. The van der Waals surface area contributed by atoms with Crippen LogP contribution in [0.2, 0.25) is 0 Å². The van der Waals surface area contributed by atoms with Gasteiger partial charge in [-0.15, -0.1) is 0 Å². The van der Waals surface area contributed by atoms with Crippen LogP contribution in [-0.4, -0.2) is 68.1 Å². The molecule has 1 aromatic carbocycles. The van der Waals surface area contributed by atoms with Crippen molar-refractivity contribution in [3.63, 3.8) is 0 Å². The minimum atomic E-state index is 0.405. The molecule has 1 aliphatic heterocycles. The molecule has 2 rings (SSSR count). The molecule has 23 heavy (non-hydrogen) atoms. The highest BCUT2D eigenvalue weighted by Crippen LogP contribution is 2.07. The lowest BCUT2D eigenvalue weighted by Gasteiger charge is -2.34. The van der Waals surface area contributed by atoms with Crippen LogP contribution < -0.4 is 10.6 Å². The van der Waals surface area contributed by atoms with Gasteiger partial charge in [0.2, 0.25) is 0 Å². The van der Waals surface area contributed by atoms with E-state index in [-0.39, 0.29) is 0 Å². The quantitative estimate of drug-likeness (QED) is 0.614. The van der Waals surface area contributed by atoms with Gasteiger partial charge in [0, 0.05) is 58.9 Å². The van der Waals surface area contributed by atoms with Crippen molar-refractivity contribution in [3.05, 3.63) is 35.9 Å². The fourth-order valence-corrected chi connectivity index (χ4v) is 2.81. The SMILES string of the molecule is CN=C(NCCN1CCN(Cc2ccccc2)CC1)NC(C)C. The molecule has 0 radical (unpaired) electrons. The van der Waals surface area contributed by atoms with Gasteiger partial charge in [0.15, 0.2) is 5.96 Å². The maximum absolute atomic E-state index is 4.24. The van der Waals surface area contributed by atoms with Gasteiger partial charge >= 0.3 is 0 Å². The Morgan fingerprint density at radius 3 is 2.35 bits per heavy atom. The number of rotatable bonds is 6. The number of piperazine rings is 1. The Hall–Kier alpha value is -1.59. The lowest BCUT2D eigenvalue weighted by Crippen LogP contribution is -2.49. The summed E-state index contributed by atoms with van der Waals surface area (Å²) in [6.45, 7) is 11.9. The van der Waals surface area contributed by atoms with Gasteiger partial charge in [0.05, 0.1) is 0 Å². The minimum absolute atomic E-state index is 0.405. The molecule has 0 amide bonds. The van der Waals surface area contributed by atoms with Gasteiger partial charge in [0.1, 0.15) is 0 Å². The smallest absolute Gasteiger partial charge is 0.191 e. The van der Waals surface area contributed by atoms with Crippen LogP contribution in [0.5, 0.6) is 0 Å². The number of aliphatic imine (C=N–C) groups is 1. The molecule has 0 unspecified atom stereocenters. The van der Waals surface area contributed by atoms with Gasteiger partial charge < -0.3 is 10.6 Å². The third-order valence-electron chi connectivity index (χ3n) is 4.08. The Morgan fingerprint density at radius 1 is 1.09 bits per heavy atom. The molecule has 2 N–H and O–H groups in total. The fraction of sp³-hybridized carbons (Fsp3) is 0.611. The Bertz CT molecular complexity index is 464. The molecular weight excluding hydrogens is 286 g/mol. The Kier molecular flexibility index (Phi) is 7.36. The van der Waals surface area contributed by atoms with Gasteiger partial charge in [-0.3, -0.25) is 14.8 Å². The van der Waals surface area contributed by atoms with Gasteiger partial charge in [-0.05, 0) is 19.4 Å². The highest BCUT2D eigenvalue weighted by molar-refractivity contribution is 5.79. The summed E-state index contributed by atoms with van der Waals surface area (Å²) >= 11 is 0. The average Bonchev–Trinajstić information content (AvgIpc) is 2.56. The van der Waals surface area contributed by atoms with Crippen LogP contribution in [0.3, 0.4) is 0 Å². The summed E-state index contributed by atoms with van der Waals surface area (Å²) in [5, 5.41) is 6.70. The van der Waals surface area contributed by atoms with Gasteiger partial charge in [-0.2, -0.15) is 0 Å². The van der Waals surface area contributed by atoms with E-state index in [1.165, 1.54) is 5.56 Å². The molecule has 0 spiro atoms.